The van der Waals surface area contributed by atoms with E-state index in [1.165, 1.54) is 44.6 Å². The van der Waals surface area contributed by atoms with E-state index in [0.29, 0.717) is 22.2 Å². The molecule has 2 N–H and O–H groups in total. The third-order valence-electron chi connectivity index (χ3n) is 6.14. The number of benzene rings is 3. The summed E-state index contributed by atoms with van der Waals surface area (Å²) >= 11 is 12.8. The Balaban J connectivity index is 1.77. The number of carbonyl (C=O) groups is 2. The Morgan fingerprint density at radius 3 is 2.23 bits per heavy atom. The maximum Gasteiger partial charge on any atom is 0.326 e. The summed E-state index contributed by atoms with van der Waals surface area (Å²) in [6.07, 6.45) is 1.26. The lowest BCUT2D eigenvalue weighted by Gasteiger charge is -2.18. The highest BCUT2D eigenvalue weighted by Crippen LogP contribution is 2.46. The van der Waals surface area contributed by atoms with Gasteiger partial charge >= 0.3 is 5.97 Å². The summed E-state index contributed by atoms with van der Waals surface area (Å²) in [7, 11) is -3.87. The number of aliphatic carboxylic acids is 1. The van der Waals surface area contributed by atoms with Gasteiger partial charge < -0.3 is 19.7 Å². The van der Waals surface area contributed by atoms with Crippen molar-refractivity contribution in [2.45, 2.75) is 23.8 Å². The first-order valence-electron chi connectivity index (χ1n) is 11.9. The average molecular weight is 628 g/mol. The Morgan fingerprint density at radius 1 is 1.00 bits per heavy atom. The minimum atomic E-state index is -3.50. The summed E-state index contributed by atoms with van der Waals surface area (Å²) in [6.45, 7) is 0. The molecule has 3 rings (SSSR count). The van der Waals surface area contributed by atoms with E-state index in [1.54, 1.807) is 30.3 Å². The molecule has 0 bridgehead atoms. The number of hydrogen-bond donors (Lipinski definition) is 2. The van der Waals surface area contributed by atoms with Gasteiger partial charge in [-0.15, -0.1) is 0 Å². The third kappa shape index (κ3) is 7.86. The quantitative estimate of drug-likeness (QED) is 0.278. The number of aryl methyl sites for hydroxylation is 1. The molecule has 1 amide bonds. The molecule has 0 spiro atoms. The molecule has 214 valence electrons. The number of hydrogen-bond acceptors (Lipinski definition) is 7. The van der Waals surface area contributed by atoms with Crippen LogP contribution in [0.4, 0.5) is 0 Å². The van der Waals surface area contributed by atoms with Crippen molar-refractivity contribution in [2.24, 2.45) is 0 Å². The van der Waals surface area contributed by atoms with Crippen molar-refractivity contribution in [2.75, 3.05) is 26.6 Å². The van der Waals surface area contributed by atoms with E-state index < -0.39 is 35.1 Å². The fourth-order valence-corrected chi connectivity index (χ4v) is 7.22. The Hall–Kier alpha value is -2.88. The summed E-state index contributed by atoms with van der Waals surface area (Å²) in [5, 5.41) is 12.6. The largest absolute Gasteiger partial charge is 0.497 e. The van der Waals surface area contributed by atoms with E-state index in [2.05, 4.69) is 5.32 Å². The monoisotopic (exact) mass is 627 g/mol. The molecule has 0 saturated carbocycles. The fraction of sp³-hybridized carbons (Fsp3) is 0.259. The number of ether oxygens (including phenoxy) is 1. The van der Waals surface area contributed by atoms with E-state index in [9.17, 15) is 27.7 Å². The van der Waals surface area contributed by atoms with E-state index in [0.717, 1.165) is 6.26 Å². The van der Waals surface area contributed by atoms with Crippen molar-refractivity contribution >= 4 is 57.6 Å². The molecule has 3 aromatic rings. The first-order chi connectivity index (χ1) is 18.8. The van der Waals surface area contributed by atoms with Crippen LogP contribution in [0.25, 0.3) is 0 Å². The minimum Gasteiger partial charge on any atom is -0.497 e. The second-order valence-electron chi connectivity index (χ2n) is 8.95. The summed E-state index contributed by atoms with van der Waals surface area (Å²) in [6, 6.07) is 14.2. The van der Waals surface area contributed by atoms with Gasteiger partial charge in [0.1, 0.15) is 11.8 Å². The lowest BCUT2D eigenvalue weighted by atomic mass is 10.0. The molecule has 0 aliphatic rings. The van der Waals surface area contributed by atoms with Crippen LogP contribution in [0.5, 0.6) is 5.75 Å². The number of nitrogens with one attached hydrogen (secondary N) is 1. The van der Waals surface area contributed by atoms with Crippen LogP contribution in [-0.2, 0) is 36.6 Å². The van der Waals surface area contributed by atoms with Crippen molar-refractivity contribution in [3.63, 3.8) is 0 Å². The first-order valence-corrected chi connectivity index (χ1v) is 16.3. The topological polar surface area (TPSA) is 136 Å². The Labute approximate surface area is 242 Å². The van der Waals surface area contributed by atoms with Gasteiger partial charge in [0.05, 0.1) is 27.6 Å². The molecule has 0 fully saturated rings. The number of methoxy groups -OCH3 is 1. The van der Waals surface area contributed by atoms with E-state index in [-0.39, 0.29) is 39.5 Å². The van der Waals surface area contributed by atoms with Crippen molar-refractivity contribution in [3.8, 4) is 5.75 Å². The number of amides is 1. The highest BCUT2D eigenvalue weighted by atomic mass is 35.5. The molecule has 2 atom stereocenters. The summed E-state index contributed by atoms with van der Waals surface area (Å²) in [4.78, 5) is 25.0. The van der Waals surface area contributed by atoms with Gasteiger partial charge in [0.2, 0.25) is 7.37 Å². The summed E-state index contributed by atoms with van der Waals surface area (Å²) in [5.74, 6) is -1.60. The smallest absolute Gasteiger partial charge is 0.326 e. The normalized spacial score (nSPS) is 13.7. The molecular formula is C27H28Cl2NO8PS. The predicted molar refractivity (Wildman–Crippen MR) is 154 cm³/mol. The van der Waals surface area contributed by atoms with Crippen molar-refractivity contribution < 1.29 is 36.9 Å². The van der Waals surface area contributed by atoms with Crippen LogP contribution in [0, 0.1) is 0 Å². The summed E-state index contributed by atoms with van der Waals surface area (Å²) < 4.78 is 47.8. The molecule has 0 aliphatic heterocycles. The van der Waals surface area contributed by atoms with Gasteiger partial charge in [-0.3, -0.25) is 9.36 Å². The summed E-state index contributed by atoms with van der Waals surface area (Å²) in [5.41, 5.74) is 0.881. The predicted octanol–water partition coefficient (Wildman–Crippen LogP) is 4.62. The zero-order chi connectivity index (χ0) is 29.7. The number of carboxylic acids is 1. The number of rotatable bonds is 12. The van der Waals surface area contributed by atoms with Gasteiger partial charge in [0.25, 0.3) is 5.91 Å². The Kier molecular flexibility index (Phi) is 10.4. The molecule has 40 heavy (non-hydrogen) atoms. The SMILES string of the molecule is COc1cccc(P(=O)(CCc2cc(Cl)c(C(=O)N[C@@H](Cc3cccc(S(C)(=O)=O)c3)C(=O)O)c(Cl)c2)OC)c1. The molecule has 0 aromatic heterocycles. The zero-order valence-corrected chi connectivity index (χ0v) is 25.1. The van der Waals surface area contributed by atoms with Crippen molar-refractivity contribution in [1.29, 1.82) is 0 Å². The number of carboxylic acid groups (broad SMARTS) is 1. The zero-order valence-electron chi connectivity index (χ0n) is 21.9. The van der Waals surface area contributed by atoms with Gasteiger partial charge in [-0.2, -0.15) is 0 Å². The minimum absolute atomic E-state index is 0.0168. The Morgan fingerprint density at radius 2 is 1.65 bits per heavy atom. The van der Waals surface area contributed by atoms with Crippen molar-refractivity contribution in [1.82, 2.24) is 5.32 Å². The molecule has 0 saturated heterocycles. The maximum absolute atomic E-state index is 13.5. The standard InChI is InChI=1S/C27H28Cl2NO8PS/c1-37-19-7-5-8-20(16-19)39(34,38-2)11-10-18-13-22(28)25(23(29)14-18)26(31)30-24(27(32)33)15-17-6-4-9-21(12-17)40(3,35)36/h4-9,12-14,16,24H,10-11,15H2,1-3H3,(H,30,31)(H,32,33)/t24-,39?/m0/s1. The third-order valence-corrected chi connectivity index (χ3v) is 10.3. The van der Waals surface area contributed by atoms with Crippen LogP contribution in [0.2, 0.25) is 10.0 Å². The second-order valence-corrected chi connectivity index (χ2v) is 14.5. The molecular weight excluding hydrogens is 600 g/mol. The number of carbonyl (C=O) groups excluding carboxylic acids is 1. The highest BCUT2D eigenvalue weighted by Gasteiger charge is 2.27. The van der Waals surface area contributed by atoms with Gasteiger partial charge in [0, 0.05) is 31.3 Å². The highest BCUT2D eigenvalue weighted by molar-refractivity contribution is 7.90. The fourth-order valence-electron chi connectivity index (χ4n) is 3.98. The van der Waals surface area contributed by atoms with Crippen LogP contribution in [0.1, 0.15) is 21.5 Å². The lowest BCUT2D eigenvalue weighted by Crippen LogP contribution is -2.42. The molecule has 13 heteroatoms. The molecule has 1 unspecified atom stereocenters. The van der Waals surface area contributed by atoms with Gasteiger partial charge in [-0.05, 0) is 60.0 Å². The number of halogens is 2. The van der Waals surface area contributed by atoms with Gasteiger partial charge in [0.15, 0.2) is 9.84 Å². The Bertz CT molecular complexity index is 1560. The molecule has 0 aliphatic carbocycles. The van der Waals surface area contributed by atoms with Gasteiger partial charge in [-0.1, -0.05) is 41.4 Å². The van der Waals surface area contributed by atoms with Crippen LogP contribution < -0.4 is 15.4 Å². The van der Waals surface area contributed by atoms with E-state index >= 15 is 0 Å². The molecule has 0 heterocycles. The second kappa shape index (κ2) is 13.2. The molecule has 0 radical (unpaired) electrons. The maximum atomic E-state index is 13.5. The van der Waals surface area contributed by atoms with Crippen LogP contribution in [0.3, 0.4) is 0 Å². The van der Waals surface area contributed by atoms with Crippen LogP contribution >= 0.6 is 30.6 Å². The molecule has 3 aromatic carbocycles. The average Bonchev–Trinajstić information content (AvgIpc) is 2.90. The van der Waals surface area contributed by atoms with Crippen LogP contribution in [-0.4, -0.2) is 58.1 Å². The first kappa shape index (κ1) is 31.6. The van der Waals surface area contributed by atoms with E-state index in [1.807, 2.05) is 0 Å². The lowest BCUT2D eigenvalue weighted by molar-refractivity contribution is -0.139. The van der Waals surface area contributed by atoms with E-state index in [4.69, 9.17) is 32.5 Å². The number of sulfone groups is 1. The van der Waals surface area contributed by atoms with Gasteiger partial charge in [-0.25, -0.2) is 13.2 Å². The van der Waals surface area contributed by atoms with Crippen molar-refractivity contribution in [3.05, 3.63) is 87.4 Å². The molecule has 9 nitrogen and oxygen atoms in total. The van der Waals surface area contributed by atoms with Crippen LogP contribution in [0.15, 0.2) is 65.6 Å².